The third kappa shape index (κ3) is 6.77. The second kappa shape index (κ2) is 11.5. The van der Waals surface area contributed by atoms with E-state index in [1.165, 1.54) is 44.7 Å². The SMILES string of the molecule is COCCC(Nc1cc2nc(C)nc(N[C@H](C)c3cccc(C(F)F)c3F)c2cc1P(C)(C)=O)C(F)(F)F. The van der Waals surface area contributed by atoms with Crippen molar-refractivity contribution in [2.75, 3.05) is 37.7 Å². The van der Waals surface area contributed by atoms with Crippen LogP contribution in [-0.4, -0.2) is 49.2 Å². The van der Waals surface area contributed by atoms with Gasteiger partial charge in [0.15, 0.2) is 0 Å². The molecule has 0 fully saturated rings. The minimum Gasteiger partial charge on any atom is -0.385 e. The maximum atomic E-state index is 14.8. The van der Waals surface area contributed by atoms with Crippen molar-refractivity contribution in [2.45, 2.75) is 45.0 Å². The molecule has 2 aromatic carbocycles. The number of hydrogen-bond donors (Lipinski definition) is 2. The number of fused-ring (bicyclic) bond motifs is 1. The van der Waals surface area contributed by atoms with Gasteiger partial charge in [-0.05, 0) is 45.7 Å². The molecule has 0 aliphatic carbocycles. The zero-order chi connectivity index (χ0) is 28.4. The van der Waals surface area contributed by atoms with Crippen molar-refractivity contribution < 1.29 is 35.6 Å². The molecule has 1 heterocycles. The van der Waals surface area contributed by atoms with Crippen LogP contribution in [-0.2, 0) is 9.30 Å². The fourth-order valence-electron chi connectivity index (χ4n) is 4.05. The summed E-state index contributed by atoms with van der Waals surface area (Å²) in [5, 5.41) is 5.95. The standard InChI is InChI=1S/C25H29F6N4O2P/c1-13(15-7-6-8-16(22(15)26)23(27)28)32-24-17-11-20(38(4,5)36)19(12-18(17)33-14(2)34-24)35-21(9-10-37-3)25(29,30)31/h6-8,11-13,21,23,35H,9-10H2,1-5H3,(H,32,33,34)/t13-,21?/m1/s1. The smallest absolute Gasteiger partial charge is 0.385 e. The Morgan fingerprint density at radius 1 is 1.08 bits per heavy atom. The number of hydrogen-bond acceptors (Lipinski definition) is 6. The number of aromatic nitrogens is 2. The highest BCUT2D eigenvalue weighted by Gasteiger charge is 2.40. The van der Waals surface area contributed by atoms with Gasteiger partial charge in [0.25, 0.3) is 6.43 Å². The molecule has 0 bridgehead atoms. The molecule has 0 amide bonds. The van der Waals surface area contributed by atoms with Crippen LogP contribution >= 0.6 is 7.14 Å². The Kier molecular flexibility index (Phi) is 8.98. The monoisotopic (exact) mass is 562 g/mol. The van der Waals surface area contributed by atoms with Crippen LogP contribution in [0.4, 0.5) is 37.8 Å². The van der Waals surface area contributed by atoms with Gasteiger partial charge in [0, 0.05) is 35.7 Å². The number of methoxy groups -OCH3 is 1. The summed E-state index contributed by atoms with van der Waals surface area (Å²) in [7, 11) is -1.83. The van der Waals surface area contributed by atoms with E-state index < -0.39 is 43.2 Å². The van der Waals surface area contributed by atoms with Crippen molar-refractivity contribution in [1.29, 1.82) is 0 Å². The second-order valence-corrected chi connectivity index (χ2v) is 12.5. The van der Waals surface area contributed by atoms with Gasteiger partial charge >= 0.3 is 6.18 Å². The number of nitrogens with one attached hydrogen (secondary N) is 2. The molecule has 3 aromatic rings. The van der Waals surface area contributed by atoms with Gasteiger partial charge in [-0.15, -0.1) is 0 Å². The van der Waals surface area contributed by atoms with Gasteiger partial charge in [0.05, 0.1) is 17.1 Å². The lowest BCUT2D eigenvalue weighted by Gasteiger charge is -2.25. The summed E-state index contributed by atoms with van der Waals surface area (Å²) in [6.45, 7) is 5.82. The molecular formula is C25H29F6N4O2P. The number of anilines is 2. The lowest BCUT2D eigenvalue weighted by Crippen LogP contribution is -2.38. The van der Waals surface area contributed by atoms with E-state index in [9.17, 15) is 30.9 Å². The van der Waals surface area contributed by atoms with Crippen LogP contribution in [0.25, 0.3) is 10.9 Å². The summed E-state index contributed by atoms with van der Waals surface area (Å²) >= 11 is 0. The lowest BCUT2D eigenvalue weighted by atomic mass is 10.0. The van der Waals surface area contributed by atoms with Gasteiger partial charge in [0.1, 0.15) is 30.6 Å². The average molecular weight is 562 g/mol. The summed E-state index contributed by atoms with van der Waals surface area (Å²) in [5.41, 5.74) is -0.490. The molecule has 0 spiro atoms. The van der Waals surface area contributed by atoms with E-state index in [0.717, 1.165) is 6.07 Å². The molecule has 3 rings (SSSR count). The van der Waals surface area contributed by atoms with Crippen molar-refractivity contribution in [3.05, 3.63) is 53.1 Å². The van der Waals surface area contributed by atoms with Crippen LogP contribution in [0.2, 0.25) is 0 Å². The van der Waals surface area contributed by atoms with Gasteiger partial charge < -0.3 is 19.9 Å². The van der Waals surface area contributed by atoms with Crippen LogP contribution in [0.5, 0.6) is 0 Å². The summed E-state index contributed by atoms with van der Waals surface area (Å²) in [6, 6.07) is 3.74. The van der Waals surface area contributed by atoms with Crippen LogP contribution in [0.15, 0.2) is 30.3 Å². The minimum absolute atomic E-state index is 0.0111. The van der Waals surface area contributed by atoms with Crippen LogP contribution in [0.3, 0.4) is 0 Å². The van der Waals surface area contributed by atoms with Crippen molar-refractivity contribution >= 4 is 34.9 Å². The maximum Gasteiger partial charge on any atom is 0.408 e. The Hall–Kier alpha value is -2.85. The Morgan fingerprint density at radius 3 is 2.32 bits per heavy atom. The third-order valence-electron chi connectivity index (χ3n) is 5.95. The summed E-state index contributed by atoms with van der Waals surface area (Å²) in [5.74, 6) is -0.601. The number of ether oxygens (including phenoxy) is 1. The van der Waals surface area contributed by atoms with Crippen LogP contribution in [0.1, 0.15) is 42.8 Å². The molecule has 0 saturated heterocycles. The van der Waals surface area contributed by atoms with E-state index >= 15 is 0 Å². The van der Waals surface area contributed by atoms with Crippen molar-refractivity contribution in [3.8, 4) is 0 Å². The predicted octanol–water partition coefficient (Wildman–Crippen LogP) is 6.82. The molecule has 0 radical (unpaired) electrons. The Labute approximate surface area is 216 Å². The first-order chi connectivity index (χ1) is 17.6. The molecule has 0 saturated carbocycles. The number of rotatable bonds is 10. The zero-order valence-electron chi connectivity index (χ0n) is 21.5. The predicted molar refractivity (Wildman–Crippen MR) is 137 cm³/mol. The van der Waals surface area contributed by atoms with Crippen LogP contribution in [0, 0.1) is 12.7 Å². The number of nitrogens with zero attached hydrogens (tertiary/aromatic N) is 2. The summed E-state index contributed by atoms with van der Waals surface area (Å²) in [4.78, 5) is 8.67. The van der Waals surface area contributed by atoms with Crippen LogP contribution < -0.4 is 15.9 Å². The Morgan fingerprint density at radius 2 is 1.74 bits per heavy atom. The van der Waals surface area contributed by atoms with E-state index in [-0.39, 0.29) is 46.7 Å². The van der Waals surface area contributed by atoms with Gasteiger partial charge in [-0.25, -0.2) is 23.1 Å². The quantitative estimate of drug-likeness (QED) is 0.209. The van der Waals surface area contributed by atoms with E-state index in [2.05, 4.69) is 20.6 Å². The maximum absolute atomic E-state index is 14.8. The molecule has 208 valence electrons. The Balaban J connectivity index is 2.12. The number of halogens is 6. The molecule has 2 N–H and O–H groups in total. The normalized spacial score (nSPS) is 14.1. The largest absolute Gasteiger partial charge is 0.408 e. The molecule has 6 nitrogen and oxygen atoms in total. The van der Waals surface area contributed by atoms with Gasteiger partial charge in [-0.3, -0.25) is 0 Å². The molecule has 0 aliphatic heterocycles. The molecule has 0 aliphatic rings. The highest BCUT2D eigenvalue weighted by Crippen LogP contribution is 2.41. The topological polar surface area (TPSA) is 76.1 Å². The summed E-state index contributed by atoms with van der Waals surface area (Å²) < 4.78 is 100. The lowest BCUT2D eigenvalue weighted by molar-refractivity contribution is -0.145. The van der Waals surface area contributed by atoms with Gasteiger partial charge in [0.2, 0.25) is 0 Å². The van der Waals surface area contributed by atoms with E-state index in [0.29, 0.717) is 5.39 Å². The zero-order valence-corrected chi connectivity index (χ0v) is 22.4. The third-order valence-corrected chi connectivity index (χ3v) is 7.48. The van der Waals surface area contributed by atoms with Crippen molar-refractivity contribution in [3.63, 3.8) is 0 Å². The molecule has 38 heavy (non-hydrogen) atoms. The first kappa shape index (κ1) is 29.7. The highest BCUT2D eigenvalue weighted by molar-refractivity contribution is 7.70. The van der Waals surface area contributed by atoms with Gasteiger partial charge in [-0.1, -0.05) is 18.2 Å². The van der Waals surface area contributed by atoms with E-state index in [4.69, 9.17) is 4.74 Å². The number of benzene rings is 2. The highest BCUT2D eigenvalue weighted by atomic mass is 31.2. The second-order valence-electron chi connectivity index (χ2n) is 9.29. The molecular weight excluding hydrogens is 533 g/mol. The first-order valence-electron chi connectivity index (χ1n) is 11.7. The Bertz CT molecular complexity index is 1350. The fraction of sp³-hybridized carbons (Fsp3) is 0.440. The van der Waals surface area contributed by atoms with Gasteiger partial charge in [-0.2, -0.15) is 13.2 Å². The number of aryl methyl sites for hydroxylation is 1. The molecule has 2 atom stereocenters. The van der Waals surface area contributed by atoms with Crippen molar-refractivity contribution in [2.24, 2.45) is 0 Å². The summed E-state index contributed by atoms with van der Waals surface area (Å²) in [6.07, 6.45) is -7.96. The first-order valence-corrected chi connectivity index (χ1v) is 14.3. The van der Waals surface area contributed by atoms with E-state index in [1.54, 1.807) is 13.8 Å². The fourth-order valence-corrected chi connectivity index (χ4v) is 5.20. The minimum atomic E-state index is -4.60. The van der Waals surface area contributed by atoms with Crippen molar-refractivity contribution in [1.82, 2.24) is 9.97 Å². The molecule has 13 heteroatoms. The molecule has 1 unspecified atom stereocenters. The number of alkyl halides is 5. The molecule has 1 aromatic heterocycles. The average Bonchev–Trinajstić information content (AvgIpc) is 2.79. The van der Waals surface area contributed by atoms with E-state index in [1.807, 2.05) is 0 Å².